The first-order valence-corrected chi connectivity index (χ1v) is 12.2. The molecule has 2 aliphatic heterocycles. The van der Waals surface area contributed by atoms with Crippen LogP contribution in [0.5, 0.6) is 0 Å². The zero-order chi connectivity index (χ0) is 26.9. The molecule has 2 amide bonds. The van der Waals surface area contributed by atoms with Gasteiger partial charge in [0.15, 0.2) is 0 Å². The van der Waals surface area contributed by atoms with E-state index in [-0.39, 0.29) is 23.6 Å². The Morgan fingerprint density at radius 3 is 2.53 bits per heavy atom. The van der Waals surface area contributed by atoms with Gasteiger partial charge in [0.1, 0.15) is 0 Å². The lowest BCUT2D eigenvalue weighted by atomic mass is 9.92. The maximum absolute atomic E-state index is 13.0. The smallest absolute Gasteiger partial charge is 0.377 e. The molecule has 2 fully saturated rings. The molecule has 0 aliphatic carbocycles. The molecule has 198 valence electrons. The monoisotopic (exact) mass is 525 g/mol. The first-order chi connectivity index (χ1) is 18.2. The van der Waals surface area contributed by atoms with E-state index >= 15 is 0 Å². The molecule has 1 unspecified atom stereocenters. The number of benzene rings is 1. The van der Waals surface area contributed by atoms with Gasteiger partial charge < -0.3 is 20.3 Å². The van der Waals surface area contributed by atoms with Crippen LogP contribution in [0, 0.1) is 6.92 Å². The highest BCUT2D eigenvalue weighted by molar-refractivity contribution is 6.04. The molecule has 2 N–H and O–H groups in total. The lowest BCUT2D eigenvalue weighted by Crippen LogP contribution is -2.48. The summed E-state index contributed by atoms with van der Waals surface area (Å²) in [5, 5.41) is 5.43. The third-order valence-electron chi connectivity index (χ3n) is 6.82. The number of ether oxygens (including phenoxy) is 1. The number of alkyl halides is 3. The first-order valence-electron chi connectivity index (χ1n) is 12.2. The molecule has 1 atom stereocenters. The van der Waals surface area contributed by atoms with Crippen LogP contribution in [0.25, 0.3) is 0 Å². The van der Waals surface area contributed by atoms with Crippen LogP contribution in [0.1, 0.15) is 49.7 Å². The number of nitrogens with one attached hydrogen (secondary N) is 2. The Kier molecular flexibility index (Phi) is 7.02. The van der Waals surface area contributed by atoms with Crippen LogP contribution in [-0.4, -0.2) is 54.1 Å². The Morgan fingerprint density at radius 2 is 1.79 bits per heavy atom. The second-order valence-electron chi connectivity index (χ2n) is 9.56. The fourth-order valence-electron chi connectivity index (χ4n) is 4.65. The van der Waals surface area contributed by atoms with Gasteiger partial charge in [-0.15, -0.1) is 0 Å². The first kappa shape index (κ1) is 25.7. The predicted molar refractivity (Wildman–Crippen MR) is 134 cm³/mol. The highest BCUT2D eigenvalue weighted by Crippen LogP contribution is 2.34. The van der Waals surface area contributed by atoms with Crippen LogP contribution >= 0.6 is 0 Å². The molecule has 0 bridgehead atoms. The summed E-state index contributed by atoms with van der Waals surface area (Å²) in [4.78, 5) is 35.4. The molecule has 0 radical (unpaired) electrons. The number of amides is 2. The zero-order valence-corrected chi connectivity index (χ0v) is 20.6. The Morgan fingerprint density at radius 1 is 1.00 bits per heavy atom. The molecule has 2 aromatic heterocycles. The second-order valence-corrected chi connectivity index (χ2v) is 9.56. The second kappa shape index (κ2) is 10.4. The Balaban J connectivity index is 1.28. The summed E-state index contributed by atoms with van der Waals surface area (Å²) < 4.78 is 44.1. The van der Waals surface area contributed by atoms with Crippen LogP contribution in [0.4, 0.5) is 24.5 Å². The Bertz CT molecular complexity index is 1360. The van der Waals surface area contributed by atoms with Crippen molar-refractivity contribution in [1.29, 1.82) is 0 Å². The van der Waals surface area contributed by atoms with Crippen LogP contribution in [0.15, 0.2) is 55.1 Å². The van der Waals surface area contributed by atoms with Crippen molar-refractivity contribution in [2.45, 2.75) is 31.5 Å². The van der Waals surface area contributed by atoms with Crippen molar-refractivity contribution in [2.24, 2.45) is 0 Å². The maximum Gasteiger partial charge on any atom is 0.417 e. The van der Waals surface area contributed by atoms with E-state index in [0.29, 0.717) is 37.1 Å². The summed E-state index contributed by atoms with van der Waals surface area (Å²) in [6, 6.07) is 8.00. The van der Waals surface area contributed by atoms with E-state index in [1.165, 1.54) is 12.4 Å². The van der Waals surface area contributed by atoms with Gasteiger partial charge in [0, 0.05) is 37.0 Å². The van der Waals surface area contributed by atoms with E-state index in [1.54, 1.807) is 18.3 Å². The molecule has 4 heterocycles. The molecular formula is C27H26F3N5O3. The number of nitrogens with zero attached hydrogens (tertiary/aromatic N) is 3. The topological polar surface area (TPSA) is 96.5 Å². The quantitative estimate of drug-likeness (QED) is 0.502. The number of rotatable bonds is 6. The van der Waals surface area contributed by atoms with Crippen molar-refractivity contribution < 1.29 is 27.5 Å². The highest BCUT2D eigenvalue weighted by Gasteiger charge is 2.31. The van der Waals surface area contributed by atoms with E-state index < -0.39 is 17.6 Å². The van der Waals surface area contributed by atoms with Crippen molar-refractivity contribution >= 4 is 23.2 Å². The van der Waals surface area contributed by atoms with Crippen LogP contribution < -0.4 is 15.5 Å². The Labute approximate surface area is 217 Å². The summed E-state index contributed by atoms with van der Waals surface area (Å²) in [7, 11) is 0. The van der Waals surface area contributed by atoms with Crippen molar-refractivity contribution in [1.82, 2.24) is 15.3 Å². The molecular weight excluding hydrogens is 499 g/mol. The normalized spacial score (nSPS) is 17.7. The van der Waals surface area contributed by atoms with E-state index in [9.17, 15) is 22.8 Å². The molecule has 2 saturated heterocycles. The molecule has 2 aliphatic rings. The van der Waals surface area contributed by atoms with Crippen LogP contribution in [0.2, 0.25) is 0 Å². The van der Waals surface area contributed by atoms with Gasteiger partial charge in [-0.1, -0.05) is 6.07 Å². The van der Waals surface area contributed by atoms with Gasteiger partial charge in [-0.25, -0.2) is 0 Å². The fourth-order valence-corrected chi connectivity index (χ4v) is 4.65. The summed E-state index contributed by atoms with van der Waals surface area (Å²) in [5.74, 6) is -0.571. The lowest BCUT2D eigenvalue weighted by molar-refractivity contribution is -0.137. The van der Waals surface area contributed by atoms with E-state index in [4.69, 9.17) is 4.74 Å². The van der Waals surface area contributed by atoms with Gasteiger partial charge in [0.05, 0.1) is 54.2 Å². The van der Waals surface area contributed by atoms with Crippen molar-refractivity contribution in [3.63, 3.8) is 0 Å². The zero-order valence-electron chi connectivity index (χ0n) is 20.6. The standard InChI is InChI=1S/C27H26F3N5O3/c1-16-2-3-17(25(36)33-21-8-20(10-32-11-21)27(28,29)30)7-24(16)18-4-5-35(13-18)23-6-19(9-31-12-23)26(37)34-22-14-38-15-22/h2-3,6-12,18,22H,4-5,13-15H2,1H3,(H,33,36)(H,34,37). The fraction of sp³-hybridized carbons (Fsp3) is 0.333. The maximum atomic E-state index is 13.0. The van der Waals surface area contributed by atoms with Gasteiger partial charge >= 0.3 is 6.18 Å². The number of carbonyl (C=O) groups is 2. The van der Waals surface area contributed by atoms with Gasteiger partial charge in [0.2, 0.25) is 0 Å². The van der Waals surface area contributed by atoms with Gasteiger partial charge in [-0.3, -0.25) is 19.6 Å². The molecule has 38 heavy (non-hydrogen) atoms. The molecule has 0 spiro atoms. The predicted octanol–water partition coefficient (Wildman–Crippen LogP) is 4.18. The molecule has 11 heteroatoms. The van der Waals surface area contributed by atoms with Crippen molar-refractivity contribution in [3.05, 3.63) is 82.9 Å². The molecule has 3 aromatic rings. The lowest BCUT2D eigenvalue weighted by Gasteiger charge is -2.27. The van der Waals surface area contributed by atoms with Crippen LogP contribution in [0.3, 0.4) is 0 Å². The van der Waals surface area contributed by atoms with Gasteiger partial charge in [0.25, 0.3) is 11.8 Å². The number of halogens is 3. The van der Waals surface area contributed by atoms with Gasteiger partial charge in [-0.2, -0.15) is 13.2 Å². The number of anilines is 2. The third-order valence-corrected chi connectivity index (χ3v) is 6.82. The van der Waals surface area contributed by atoms with Crippen LogP contribution in [-0.2, 0) is 10.9 Å². The molecule has 0 saturated carbocycles. The summed E-state index contributed by atoms with van der Waals surface area (Å²) in [5.41, 5.74) is 2.73. The number of carbonyl (C=O) groups excluding carboxylic acids is 2. The number of hydrogen-bond donors (Lipinski definition) is 2. The SMILES string of the molecule is Cc1ccc(C(=O)Nc2cncc(C(F)(F)F)c2)cc1C1CCN(c2cncc(C(=O)NC3COC3)c2)C1. The van der Waals surface area contributed by atoms with E-state index in [1.807, 2.05) is 19.1 Å². The van der Waals surface area contributed by atoms with Crippen molar-refractivity contribution in [3.8, 4) is 0 Å². The largest absolute Gasteiger partial charge is 0.417 e. The number of aryl methyl sites for hydroxylation is 1. The van der Waals surface area contributed by atoms with Crippen molar-refractivity contribution in [2.75, 3.05) is 36.5 Å². The summed E-state index contributed by atoms with van der Waals surface area (Å²) in [6.45, 7) is 4.42. The highest BCUT2D eigenvalue weighted by atomic mass is 19.4. The average molecular weight is 526 g/mol. The van der Waals surface area contributed by atoms with E-state index in [2.05, 4.69) is 25.5 Å². The number of pyridine rings is 2. The molecule has 5 rings (SSSR count). The summed E-state index contributed by atoms with van der Waals surface area (Å²) >= 11 is 0. The molecule has 8 nitrogen and oxygen atoms in total. The minimum atomic E-state index is -4.55. The Hall–Kier alpha value is -3.99. The van der Waals surface area contributed by atoms with E-state index in [0.717, 1.165) is 35.8 Å². The number of hydrogen-bond acceptors (Lipinski definition) is 6. The summed E-state index contributed by atoms with van der Waals surface area (Å²) in [6.07, 6.45) is 1.44. The third kappa shape index (κ3) is 5.62. The minimum absolute atomic E-state index is 0.0274. The minimum Gasteiger partial charge on any atom is -0.377 e. The molecule has 1 aromatic carbocycles. The number of aromatic nitrogens is 2. The van der Waals surface area contributed by atoms with Gasteiger partial charge in [-0.05, 0) is 48.7 Å². The average Bonchev–Trinajstić information content (AvgIpc) is 3.36.